The van der Waals surface area contributed by atoms with Crippen LogP contribution in [-0.2, 0) is 11.3 Å². The highest BCUT2D eigenvalue weighted by Gasteiger charge is 2.22. The number of aromatic nitrogens is 6. The maximum Gasteiger partial charge on any atom is 0.391 e. The van der Waals surface area contributed by atoms with Crippen LogP contribution in [0.25, 0.3) is 32.5 Å². The molecular weight excluding hydrogens is 478 g/mol. The molecule has 6 rings (SSSR count). The lowest BCUT2D eigenvalue weighted by Gasteiger charge is -2.28. The van der Waals surface area contributed by atoms with Gasteiger partial charge in [0, 0.05) is 28.9 Å². The van der Waals surface area contributed by atoms with E-state index in [1.165, 1.54) is 6.20 Å². The number of ether oxygens (including phenoxy) is 1. The van der Waals surface area contributed by atoms with E-state index >= 15 is 0 Å². The number of aromatic amines is 2. The van der Waals surface area contributed by atoms with E-state index < -0.39 is 5.91 Å². The van der Waals surface area contributed by atoms with E-state index in [1.807, 2.05) is 36.3 Å². The molecule has 5 aromatic rings. The van der Waals surface area contributed by atoms with E-state index in [0.29, 0.717) is 37.1 Å². The Morgan fingerprint density at radius 3 is 2.92 bits per heavy atom. The monoisotopic (exact) mass is 502 g/mol. The minimum absolute atomic E-state index is 0.333. The standard InChI is InChI=1S/C24H23N9O2S/c1-32(24-26-10-14(11-27-24)21(25)34)13-15-9-19-20(36-15)23(33-5-7-35-8-6-33)30-22(29-19)16-3-2-4-18-17(16)12-28-31-18/h2-4,9-12H,5-8,13H2,1H3,(H2,25,34)(H,28,31)/p+1. The third kappa shape index (κ3) is 4.10. The number of fused-ring (bicyclic) bond motifs is 2. The first-order valence-corrected chi connectivity index (χ1v) is 12.3. The third-order valence-corrected chi connectivity index (χ3v) is 7.27. The number of morpholine rings is 1. The Labute approximate surface area is 210 Å². The molecular formula is C24H24N9O2S+. The van der Waals surface area contributed by atoms with Crippen LogP contribution in [0.2, 0.25) is 0 Å². The van der Waals surface area contributed by atoms with Gasteiger partial charge in [-0.1, -0.05) is 17.1 Å². The minimum atomic E-state index is -0.520. The molecule has 182 valence electrons. The maximum absolute atomic E-state index is 11.3. The molecule has 1 aliphatic rings. The van der Waals surface area contributed by atoms with E-state index in [9.17, 15) is 4.79 Å². The number of amides is 1. The summed E-state index contributed by atoms with van der Waals surface area (Å²) in [6.45, 7) is 3.50. The molecule has 0 atom stereocenters. The number of hydrogen-bond donors (Lipinski definition) is 2. The first kappa shape index (κ1) is 22.3. The molecule has 4 aromatic heterocycles. The van der Waals surface area contributed by atoms with Gasteiger partial charge in [0.25, 0.3) is 5.91 Å². The lowest BCUT2D eigenvalue weighted by Crippen LogP contribution is -2.36. The SMILES string of the molecule is CN(Cc1cc2nc(-c3cccc4[nH]ncc34)nc(N3CCOCC3)c2s1)c1ncc(C(N)=O)c[nH+]1. The van der Waals surface area contributed by atoms with E-state index in [0.717, 1.165) is 50.5 Å². The van der Waals surface area contributed by atoms with Crippen LogP contribution in [0.5, 0.6) is 0 Å². The van der Waals surface area contributed by atoms with Crippen LogP contribution in [0.3, 0.4) is 0 Å². The lowest BCUT2D eigenvalue weighted by atomic mass is 10.1. The Balaban J connectivity index is 1.40. The molecule has 0 unspecified atom stereocenters. The van der Waals surface area contributed by atoms with Crippen LogP contribution in [0.4, 0.5) is 11.8 Å². The highest BCUT2D eigenvalue weighted by atomic mass is 32.1. The molecule has 0 bridgehead atoms. The molecule has 1 fully saturated rings. The molecule has 12 heteroatoms. The highest BCUT2D eigenvalue weighted by molar-refractivity contribution is 7.19. The van der Waals surface area contributed by atoms with Crippen molar-refractivity contribution >= 4 is 50.1 Å². The maximum atomic E-state index is 11.3. The van der Waals surface area contributed by atoms with Crippen LogP contribution in [0, 0.1) is 0 Å². The molecule has 36 heavy (non-hydrogen) atoms. The topological polar surface area (TPSA) is 140 Å². The molecule has 0 radical (unpaired) electrons. The fourth-order valence-electron chi connectivity index (χ4n) is 4.31. The summed E-state index contributed by atoms with van der Waals surface area (Å²) >= 11 is 1.67. The summed E-state index contributed by atoms with van der Waals surface area (Å²) in [6, 6.07) is 8.12. The minimum Gasteiger partial charge on any atom is -0.378 e. The molecule has 4 N–H and O–H groups in total. The molecule has 11 nitrogen and oxygen atoms in total. The smallest absolute Gasteiger partial charge is 0.378 e. The van der Waals surface area contributed by atoms with Gasteiger partial charge in [0.2, 0.25) is 0 Å². The number of rotatable bonds is 6. The van der Waals surface area contributed by atoms with Crippen molar-refractivity contribution in [2.45, 2.75) is 6.54 Å². The Bertz CT molecular complexity index is 1560. The van der Waals surface area contributed by atoms with E-state index in [1.54, 1.807) is 17.5 Å². The Hall–Kier alpha value is -4.16. The van der Waals surface area contributed by atoms with Gasteiger partial charge >= 0.3 is 5.95 Å². The van der Waals surface area contributed by atoms with Crippen LogP contribution >= 0.6 is 11.3 Å². The normalized spacial score (nSPS) is 14.0. The van der Waals surface area contributed by atoms with Crippen LogP contribution in [0.15, 0.2) is 42.9 Å². The van der Waals surface area contributed by atoms with Crippen molar-refractivity contribution in [2.24, 2.45) is 5.73 Å². The molecule has 0 saturated carbocycles. The van der Waals surface area contributed by atoms with Crippen LogP contribution in [0.1, 0.15) is 15.2 Å². The molecule has 5 heterocycles. The number of H-pyrrole nitrogens is 2. The second-order valence-corrected chi connectivity index (χ2v) is 9.72. The first-order chi connectivity index (χ1) is 17.6. The zero-order chi connectivity index (χ0) is 24.6. The average molecular weight is 503 g/mol. The molecule has 1 aliphatic heterocycles. The highest BCUT2D eigenvalue weighted by Crippen LogP contribution is 2.36. The number of hydrogen-bond acceptors (Lipinski definition) is 9. The Morgan fingerprint density at radius 2 is 2.14 bits per heavy atom. The van der Waals surface area contributed by atoms with Crippen molar-refractivity contribution in [3.63, 3.8) is 0 Å². The average Bonchev–Trinajstić information content (AvgIpc) is 3.55. The van der Waals surface area contributed by atoms with E-state index in [4.69, 9.17) is 20.4 Å². The molecule has 1 aromatic carbocycles. The van der Waals surface area contributed by atoms with Gasteiger partial charge in [0.1, 0.15) is 18.3 Å². The van der Waals surface area contributed by atoms with Gasteiger partial charge in [0.15, 0.2) is 11.6 Å². The number of thiophene rings is 1. The summed E-state index contributed by atoms with van der Waals surface area (Å²) in [7, 11) is 1.94. The van der Waals surface area contributed by atoms with Crippen molar-refractivity contribution in [3.05, 3.63) is 53.3 Å². The van der Waals surface area contributed by atoms with Crippen molar-refractivity contribution in [1.82, 2.24) is 25.1 Å². The van der Waals surface area contributed by atoms with Crippen molar-refractivity contribution in [1.29, 1.82) is 0 Å². The number of anilines is 2. The number of nitrogens with zero attached hydrogens (tertiary/aromatic N) is 6. The van der Waals surface area contributed by atoms with Gasteiger partial charge < -0.3 is 15.4 Å². The first-order valence-electron chi connectivity index (χ1n) is 11.5. The molecule has 0 spiro atoms. The second kappa shape index (κ2) is 9.13. The van der Waals surface area contributed by atoms with E-state index in [-0.39, 0.29) is 0 Å². The number of nitrogens with one attached hydrogen (secondary N) is 2. The predicted octanol–water partition coefficient (Wildman–Crippen LogP) is 2.02. The van der Waals surface area contributed by atoms with E-state index in [2.05, 4.69) is 31.1 Å². The van der Waals surface area contributed by atoms with Gasteiger partial charge in [-0.15, -0.1) is 11.3 Å². The number of benzene rings is 1. The number of nitrogens with two attached hydrogens (primary N) is 1. The summed E-state index contributed by atoms with van der Waals surface area (Å²) < 4.78 is 6.63. The van der Waals surface area contributed by atoms with Gasteiger partial charge in [-0.3, -0.25) is 14.8 Å². The number of primary amides is 1. The van der Waals surface area contributed by atoms with Crippen molar-refractivity contribution < 1.29 is 14.5 Å². The van der Waals surface area contributed by atoms with Crippen LogP contribution in [-0.4, -0.2) is 64.4 Å². The Kier molecular flexibility index (Phi) is 5.66. The summed E-state index contributed by atoms with van der Waals surface area (Å²) in [5.74, 6) is 1.71. The summed E-state index contributed by atoms with van der Waals surface area (Å²) in [5.41, 5.74) is 8.44. The summed E-state index contributed by atoms with van der Waals surface area (Å²) in [6.07, 6.45) is 4.85. The van der Waals surface area contributed by atoms with Crippen LogP contribution < -0.4 is 20.5 Å². The number of carbonyl (C=O) groups is 1. The van der Waals surface area contributed by atoms with Crippen molar-refractivity contribution in [3.8, 4) is 11.4 Å². The van der Waals surface area contributed by atoms with Gasteiger partial charge in [-0.25, -0.2) is 15.0 Å². The second-order valence-electron chi connectivity index (χ2n) is 8.58. The van der Waals surface area contributed by atoms with Gasteiger partial charge in [-0.2, -0.15) is 5.10 Å². The fraction of sp³-hybridized carbons (Fsp3) is 0.250. The zero-order valence-electron chi connectivity index (χ0n) is 19.6. The van der Waals surface area contributed by atoms with Crippen molar-refractivity contribution in [2.75, 3.05) is 43.2 Å². The Morgan fingerprint density at radius 1 is 1.28 bits per heavy atom. The summed E-state index contributed by atoms with van der Waals surface area (Å²) in [4.78, 5) is 34.1. The van der Waals surface area contributed by atoms with Gasteiger partial charge in [-0.05, 0) is 12.1 Å². The zero-order valence-corrected chi connectivity index (χ0v) is 20.4. The largest absolute Gasteiger partial charge is 0.391 e. The predicted molar refractivity (Wildman–Crippen MR) is 137 cm³/mol. The lowest BCUT2D eigenvalue weighted by molar-refractivity contribution is -0.368. The summed E-state index contributed by atoms with van der Waals surface area (Å²) in [5, 5.41) is 8.21. The quantitative estimate of drug-likeness (QED) is 0.359. The third-order valence-electron chi connectivity index (χ3n) is 6.16. The molecule has 0 aliphatic carbocycles. The van der Waals surface area contributed by atoms with Gasteiger partial charge in [0.05, 0.1) is 48.4 Å². The fourth-order valence-corrected chi connectivity index (χ4v) is 5.48. The number of carbonyl (C=O) groups excluding carboxylic acids is 1. The molecule has 1 saturated heterocycles. The molecule has 1 amide bonds.